The standard InChI is InChI=1S/2C18H15N.6C2H6.2CH3.K/c2*1-4-10-16(11-5-1)19(17-12-6-2-7-13-17)18-14-8-3-9-15-18;6*1-2;;;/h2*1-15H;6*1-2H3;2*1H3;/q;;;;;;;;2*-1;+1. The summed E-state index contributed by atoms with van der Waals surface area (Å²) in [6.07, 6.45) is 0. The van der Waals surface area contributed by atoms with Crippen molar-refractivity contribution in [2.24, 2.45) is 0 Å². The molecule has 0 aromatic heterocycles. The van der Waals surface area contributed by atoms with Crippen LogP contribution in [0.2, 0.25) is 0 Å². The minimum absolute atomic E-state index is 0. The molecule has 0 radical (unpaired) electrons. The van der Waals surface area contributed by atoms with Crippen molar-refractivity contribution in [3.05, 3.63) is 197 Å². The predicted molar refractivity (Wildman–Crippen MR) is 243 cm³/mol. The Bertz CT molecular complexity index is 1170. The van der Waals surface area contributed by atoms with Crippen LogP contribution in [0, 0.1) is 14.9 Å². The Morgan fingerprint density at radius 3 is 0.396 bits per heavy atom. The summed E-state index contributed by atoms with van der Waals surface area (Å²) in [7, 11) is 0. The molecule has 6 aromatic rings. The quantitative estimate of drug-likeness (QED) is 0.124. The van der Waals surface area contributed by atoms with Gasteiger partial charge in [0, 0.05) is 34.1 Å². The van der Waals surface area contributed by atoms with Gasteiger partial charge in [0.15, 0.2) is 0 Å². The van der Waals surface area contributed by atoms with E-state index >= 15 is 0 Å². The predicted octanol–water partition coefficient (Wildman–Crippen LogP) is 14.4. The molecule has 284 valence electrons. The first-order chi connectivity index (χ1) is 24.9. The van der Waals surface area contributed by atoms with Gasteiger partial charge in [0.2, 0.25) is 0 Å². The fourth-order valence-corrected chi connectivity index (χ4v) is 4.36. The first-order valence-electron chi connectivity index (χ1n) is 18.8. The normalized spacial score (nSPS) is 7.92. The smallest absolute Gasteiger partial charge is 0.358 e. The van der Waals surface area contributed by atoms with Gasteiger partial charge in [-0.2, -0.15) is 0 Å². The van der Waals surface area contributed by atoms with Crippen molar-refractivity contribution >= 4 is 34.1 Å². The van der Waals surface area contributed by atoms with Gasteiger partial charge >= 0.3 is 51.4 Å². The average molecular weight is 740 g/mol. The van der Waals surface area contributed by atoms with E-state index in [2.05, 4.69) is 155 Å². The van der Waals surface area contributed by atoms with Crippen molar-refractivity contribution in [1.82, 2.24) is 0 Å². The Balaban J connectivity index is -0.000000216. The van der Waals surface area contributed by atoms with Gasteiger partial charge in [0.1, 0.15) is 0 Å². The van der Waals surface area contributed by atoms with E-state index in [0.29, 0.717) is 0 Å². The van der Waals surface area contributed by atoms with E-state index in [9.17, 15) is 0 Å². The molecule has 0 unspecified atom stereocenters. The second kappa shape index (κ2) is 43.0. The average Bonchev–Trinajstić information content (AvgIpc) is 3.25. The zero-order valence-corrected chi connectivity index (χ0v) is 39.3. The van der Waals surface area contributed by atoms with E-state index in [0.717, 1.165) is 0 Å². The van der Waals surface area contributed by atoms with E-state index in [1.54, 1.807) is 0 Å². The van der Waals surface area contributed by atoms with Gasteiger partial charge in [0.25, 0.3) is 0 Å². The van der Waals surface area contributed by atoms with Crippen LogP contribution in [0.15, 0.2) is 182 Å². The number of nitrogens with zero attached hydrogens (tertiary/aromatic N) is 2. The summed E-state index contributed by atoms with van der Waals surface area (Å²) in [5.41, 5.74) is 7.00. The van der Waals surface area contributed by atoms with Crippen molar-refractivity contribution in [3.8, 4) is 0 Å². The molecule has 0 bridgehead atoms. The molecule has 0 amide bonds. The maximum atomic E-state index is 2.25. The monoisotopic (exact) mass is 740 g/mol. The summed E-state index contributed by atoms with van der Waals surface area (Å²) in [4.78, 5) is 4.50. The van der Waals surface area contributed by atoms with Gasteiger partial charge in [-0.1, -0.05) is 192 Å². The molecule has 0 atom stereocenters. The molecule has 0 heterocycles. The fourth-order valence-electron chi connectivity index (χ4n) is 4.36. The van der Waals surface area contributed by atoms with Crippen LogP contribution >= 0.6 is 0 Å². The van der Waals surface area contributed by atoms with E-state index in [4.69, 9.17) is 0 Å². The molecule has 0 aliphatic carbocycles. The molecule has 0 aliphatic rings. The Kier molecular flexibility index (Phi) is 47.7. The van der Waals surface area contributed by atoms with Crippen LogP contribution in [0.5, 0.6) is 0 Å². The SMILES string of the molecule is CC.CC.CC.CC.CC.CC.[CH3-].[CH3-].[K+].c1ccc(N(c2ccccc2)c2ccccc2)cc1.c1ccc(N(c2ccccc2)c2ccccc2)cc1. The molecule has 0 saturated heterocycles. The number of benzene rings is 6. The van der Waals surface area contributed by atoms with Gasteiger partial charge < -0.3 is 24.7 Å². The maximum Gasteiger partial charge on any atom is 1.00 e. The fraction of sp³-hybridized carbons (Fsp3) is 0.240. The van der Waals surface area contributed by atoms with Crippen LogP contribution in [0.3, 0.4) is 0 Å². The largest absolute Gasteiger partial charge is 1.00 e. The van der Waals surface area contributed by atoms with E-state index in [1.165, 1.54) is 34.1 Å². The molecule has 6 aromatic carbocycles. The molecule has 3 heteroatoms. The number of hydrogen-bond donors (Lipinski definition) is 0. The number of anilines is 6. The third-order valence-corrected chi connectivity index (χ3v) is 6.09. The van der Waals surface area contributed by atoms with Crippen LogP contribution in [0.4, 0.5) is 34.1 Å². The number of rotatable bonds is 6. The molecule has 53 heavy (non-hydrogen) atoms. The molecule has 0 N–H and O–H groups in total. The first kappa shape index (κ1) is 58.9. The van der Waals surface area contributed by atoms with Crippen LogP contribution in [-0.2, 0) is 0 Å². The zero-order valence-electron chi connectivity index (χ0n) is 36.2. The van der Waals surface area contributed by atoms with Crippen LogP contribution in [-0.4, -0.2) is 0 Å². The van der Waals surface area contributed by atoms with Crippen molar-refractivity contribution in [1.29, 1.82) is 0 Å². The van der Waals surface area contributed by atoms with Gasteiger partial charge in [0.05, 0.1) is 0 Å². The molecule has 0 spiro atoms. The molecule has 2 nitrogen and oxygen atoms in total. The van der Waals surface area contributed by atoms with Crippen molar-refractivity contribution < 1.29 is 51.4 Å². The minimum Gasteiger partial charge on any atom is -0.358 e. The molecule has 0 aliphatic heterocycles. The molecular weight excluding hydrogens is 668 g/mol. The summed E-state index contributed by atoms with van der Waals surface area (Å²) in [5.74, 6) is 0. The van der Waals surface area contributed by atoms with Crippen LogP contribution in [0.25, 0.3) is 0 Å². The van der Waals surface area contributed by atoms with E-state index in [1.807, 2.05) is 119 Å². The molecule has 0 saturated carbocycles. The summed E-state index contributed by atoms with van der Waals surface area (Å²) in [6.45, 7) is 24.0. The topological polar surface area (TPSA) is 6.48 Å². The van der Waals surface area contributed by atoms with Crippen molar-refractivity contribution in [3.63, 3.8) is 0 Å². The maximum absolute atomic E-state index is 2.25. The molecule has 6 rings (SSSR count). The Morgan fingerprint density at radius 2 is 0.302 bits per heavy atom. The third kappa shape index (κ3) is 22.4. The zero-order chi connectivity index (χ0) is 37.8. The Morgan fingerprint density at radius 1 is 0.208 bits per heavy atom. The van der Waals surface area contributed by atoms with Crippen molar-refractivity contribution in [2.75, 3.05) is 9.80 Å². The van der Waals surface area contributed by atoms with Gasteiger partial charge in [-0.15, -0.1) is 0 Å². The third-order valence-electron chi connectivity index (χ3n) is 6.09. The Hall–Kier alpha value is -3.44. The minimum atomic E-state index is 0. The molecular formula is C50H72KN2-. The Labute approximate surface area is 371 Å². The number of para-hydroxylation sites is 6. The number of hydrogen-bond acceptors (Lipinski definition) is 2. The summed E-state index contributed by atoms with van der Waals surface area (Å²) in [6, 6.07) is 62.5. The second-order valence-corrected chi connectivity index (χ2v) is 8.68. The first-order valence-corrected chi connectivity index (χ1v) is 18.8. The second-order valence-electron chi connectivity index (χ2n) is 8.68. The van der Waals surface area contributed by atoms with E-state index < -0.39 is 0 Å². The van der Waals surface area contributed by atoms with Gasteiger partial charge in [-0.3, -0.25) is 0 Å². The van der Waals surface area contributed by atoms with Gasteiger partial charge in [-0.25, -0.2) is 0 Å². The van der Waals surface area contributed by atoms with E-state index in [-0.39, 0.29) is 66.2 Å². The molecule has 0 fully saturated rings. The van der Waals surface area contributed by atoms with Crippen LogP contribution in [0.1, 0.15) is 83.1 Å². The van der Waals surface area contributed by atoms with Crippen molar-refractivity contribution in [2.45, 2.75) is 83.1 Å². The van der Waals surface area contributed by atoms with Crippen LogP contribution < -0.4 is 61.2 Å². The summed E-state index contributed by atoms with van der Waals surface area (Å²) in [5, 5.41) is 0. The summed E-state index contributed by atoms with van der Waals surface area (Å²) >= 11 is 0. The summed E-state index contributed by atoms with van der Waals surface area (Å²) < 4.78 is 0. The van der Waals surface area contributed by atoms with Gasteiger partial charge in [-0.05, 0) is 72.8 Å².